The van der Waals surface area contributed by atoms with E-state index in [1.54, 1.807) is 45.5 Å². The van der Waals surface area contributed by atoms with Crippen LogP contribution in [0.2, 0.25) is 0 Å². The number of aryl methyl sites for hydroxylation is 3. The zero-order valence-corrected chi connectivity index (χ0v) is 16.5. The van der Waals surface area contributed by atoms with Crippen LogP contribution < -0.4 is 4.74 Å². The molecule has 136 valence electrons. The van der Waals surface area contributed by atoms with Gasteiger partial charge in [-0.1, -0.05) is 0 Å². The third-order valence-corrected chi connectivity index (χ3v) is 5.69. The van der Waals surface area contributed by atoms with E-state index < -0.39 is 9.84 Å². The average molecular weight is 364 g/mol. The molecule has 2 rings (SSSR count). The predicted molar refractivity (Wildman–Crippen MR) is 96.3 cm³/mol. The number of sulfone groups is 1. The van der Waals surface area contributed by atoms with Gasteiger partial charge in [-0.05, 0) is 57.4 Å². The fraction of sp³-hybridized carbons (Fsp3) is 0.444. The molecular formula is C18H24N2O4S. The number of ether oxygens (including phenoxy) is 1. The molecule has 0 aliphatic carbocycles. The van der Waals surface area contributed by atoms with Gasteiger partial charge in [-0.3, -0.25) is 4.79 Å². The van der Waals surface area contributed by atoms with Crippen LogP contribution in [0.3, 0.4) is 0 Å². The molecule has 0 atom stereocenters. The number of benzene rings is 1. The number of ketones is 1. The number of aromatic nitrogens is 2. The minimum absolute atomic E-state index is 0.210. The highest BCUT2D eigenvalue weighted by atomic mass is 32.2. The summed E-state index contributed by atoms with van der Waals surface area (Å²) in [5.74, 6) is 0.213. The summed E-state index contributed by atoms with van der Waals surface area (Å²) in [6.07, 6.45) is 1.18. The quantitative estimate of drug-likeness (QED) is 0.762. The third-order valence-electron chi connectivity index (χ3n) is 4.32. The summed E-state index contributed by atoms with van der Waals surface area (Å²) in [6, 6.07) is 1.64. The van der Waals surface area contributed by atoms with Crippen LogP contribution in [-0.2, 0) is 16.9 Å². The highest BCUT2D eigenvalue weighted by Crippen LogP contribution is 2.30. The average Bonchev–Trinajstić information content (AvgIpc) is 2.75. The third kappa shape index (κ3) is 3.33. The molecule has 1 heterocycles. The Morgan fingerprint density at radius 1 is 1.20 bits per heavy atom. The van der Waals surface area contributed by atoms with Gasteiger partial charge in [0.15, 0.2) is 9.84 Å². The molecule has 0 bridgehead atoms. The number of hydrogen-bond donors (Lipinski definition) is 0. The Balaban J connectivity index is 2.71. The number of carbonyl (C=O) groups is 1. The molecular weight excluding hydrogens is 340 g/mol. The monoisotopic (exact) mass is 364 g/mol. The van der Waals surface area contributed by atoms with Gasteiger partial charge in [0, 0.05) is 18.9 Å². The van der Waals surface area contributed by atoms with E-state index in [4.69, 9.17) is 4.74 Å². The van der Waals surface area contributed by atoms with Gasteiger partial charge in [0.1, 0.15) is 5.56 Å². The van der Waals surface area contributed by atoms with E-state index in [1.807, 2.05) is 6.92 Å². The standard InChI is InChI=1S/C18H24N2O4S/c1-8-24-18-15(13(5)19-20(18)6)16(21)14-9-10(2)17(25(7,22)23)12(4)11(14)3/h9H,8H2,1-7H3. The summed E-state index contributed by atoms with van der Waals surface area (Å²) in [6.45, 7) is 9.23. The Morgan fingerprint density at radius 3 is 2.32 bits per heavy atom. The highest BCUT2D eigenvalue weighted by molar-refractivity contribution is 7.90. The number of nitrogens with zero attached hydrogens (tertiary/aromatic N) is 2. The second kappa shape index (κ2) is 6.63. The first-order chi connectivity index (χ1) is 11.5. The van der Waals surface area contributed by atoms with Gasteiger partial charge in [-0.15, -0.1) is 0 Å². The Bertz CT molecular complexity index is 956. The van der Waals surface area contributed by atoms with Crippen molar-refractivity contribution in [1.82, 2.24) is 9.78 Å². The van der Waals surface area contributed by atoms with Crippen molar-refractivity contribution in [2.45, 2.75) is 39.5 Å². The molecule has 0 saturated carbocycles. The van der Waals surface area contributed by atoms with Gasteiger partial charge < -0.3 is 4.74 Å². The molecule has 0 aliphatic rings. The van der Waals surface area contributed by atoms with Crippen molar-refractivity contribution in [2.75, 3.05) is 12.9 Å². The lowest BCUT2D eigenvalue weighted by Gasteiger charge is -2.15. The van der Waals surface area contributed by atoms with Crippen LogP contribution in [0.15, 0.2) is 11.0 Å². The maximum Gasteiger partial charge on any atom is 0.223 e. The van der Waals surface area contributed by atoms with Gasteiger partial charge in [0.25, 0.3) is 0 Å². The molecule has 25 heavy (non-hydrogen) atoms. The van der Waals surface area contributed by atoms with Crippen molar-refractivity contribution in [1.29, 1.82) is 0 Å². The molecule has 1 aromatic carbocycles. The normalized spacial score (nSPS) is 11.6. The number of hydrogen-bond acceptors (Lipinski definition) is 5. The summed E-state index contributed by atoms with van der Waals surface area (Å²) < 4.78 is 31.3. The van der Waals surface area contributed by atoms with Gasteiger partial charge >= 0.3 is 0 Å². The van der Waals surface area contributed by atoms with Crippen molar-refractivity contribution in [2.24, 2.45) is 7.05 Å². The number of carbonyl (C=O) groups excluding carboxylic acids is 1. The van der Waals surface area contributed by atoms with E-state index in [9.17, 15) is 13.2 Å². The van der Waals surface area contributed by atoms with Crippen LogP contribution in [0.4, 0.5) is 0 Å². The topological polar surface area (TPSA) is 78.3 Å². The van der Waals surface area contributed by atoms with Crippen molar-refractivity contribution in [3.8, 4) is 5.88 Å². The molecule has 0 radical (unpaired) electrons. The van der Waals surface area contributed by atoms with Crippen molar-refractivity contribution in [3.05, 3.63) is 39.6 Å². The van der Waals surface area contributed by atoms with E-state index in [0.29, 0.717) is 46.0 Å². The lowest BCUT2D eigenvalue weighted by molar-refractivity contribution is 0.103. The summed E-state index contributed by atoms with van der Waals surface area (Å²) in [5.41, 5.74) is 3.29. The lowest BCUT2D eigenvalue weighted by Crippen LogP contribution is -2.12. The number of rotatable bonds is 5. The van der Waals surface area contributed by atoms with E-state index in [1.165, 1.54) is 6.26 Å². The zero-order chi connectivity index (χ0) is 19.1. The van der Waals surface area contributed by atoms with Crippen LogP contribution >= 0.6 is 0 Å². The Hall–Kier alpha value is -2.15. The maximum absolute atomic E-state index is 13.2. The Morgan fingerprint density at radius 2 is 1.80 bits per heavy atom. The maximum atomic E-state index is 13.2. The summed E-state index contributed by atoms with van der Waals surface area (Å²) in [7, 11) is -1.64. The molecule has 0 saturated heterocycles. The molecule has 0 amide bonds. The highest BCUT2D eigenvalue weighted by Gasteiger charge is 2.27. The molecule has 0 fully saturated rings. The van der Waals surface area contributed by atoms with Crippen molar-refractivity contribution < 1.29 is 17.9 Å². The van der Waals surface area contributed by atoms with Gasteiger partial charge in [0.2, 0.25) is 11.7 Å². The van der Waals surface area contributed by atoms with E-state index in [2.05, 4.69) is 5.10 Å². The molecule has 0 N–H and O–H groups in total. The molecule has 1 aromatic heterocycles. The van der Waals surface area contributed by atoms with E-state index in [-0.39, 0.29) is 10.7 Å². The Labute approximate surface area is 148 Å². The zero-order valence-electron chi connectivity index (χ0n) is 15.7. The first kappa shape index (κ1) is 19.2. The van der Waals surface area contributed by atoms with Crippen LogP contribution in [0, 0.1) is 27.7 Å². The fourth-order valence-corrected chi connectivity index (χ4v) is 4.55. The van der Waals surface area contributed by atoms with Gasteiger partial charge in [0.05, 0.1) is 17.2 Å². The van der Waals surface area contributed by atoms with Crippen LogP contribution in [0.25, 0.3) is 0 Å². The molecule has 2 aromatic rings. The molecule has 0 aliphatic heterocycles. The second-order valence-corrected chi connectivity index (χ2v) is 8.20. The minimum atomic E-state index is -3.37. The molecule has 0 spiro atoms. The first-order valence-corrected chi connectivity index (χ1v) is 9.91. The molecule has 7 heteroatoms. The van der Waals surface area contributed by atoms with Crippen LogP contribution in [-0.4, -0.2) is 36.8 Å². The van der Waals surface area contributed by atoms with Gasteiger partial charge in [-0.25, -0.2) is 13.1 Å². The van der Waals surface area contributed by atoms with Crippen molar-refractivity contribution in [3.63, 3.8) is 0 Å². The second-order valence-electron chi connectivity index (χ2n) is 6.24. The molecule has 6 nitrogen and oxygen atoms in total. The minimum Gasteiger partial charge on any atom is -0.478 e. The predicted octanol–water partition coefficient (Wildman–Crippen LogP) is 2.69. The largest absolute Gasteiger partial charge is 0.478 e. The molecule has 0 unspecified atom stereocenters. The van der Waals surface area contributed by atoms with Crippen LogP contribution in [0.5, 0.6) is 5.88 Å². The Kier molecular flexibility index (Phi) is 5.09. The van der Waals surface area contributed by atoms with E-state index in [0.717, 1.165) is 0 Å². The summed E-state index contributed by atoms with van der Waals surface area (Å²) in [4.78, 5) is 13.5. The smallest absolute Gasteiger partial charge is 0.223 e. The fourth-order valence-electron chi connectivity index (χ4n) is 3.20. The van der Waals surface area contributed by atoms with Gasteiger partial charge in [-0.2, -0.15) is 5.10 Å². The summed E-state index contributed by atoms with van der Waals surface area (Å²) >= 11 is 0. The first-order valence-electron chi connectivity index (χ1n) is 8.02. The van der Waals surface area contributed by atoms with E-state index >= 15 is 0 Å². The SMILES string of the molecule is CCOc1c(C(=O)c2cc(C)c(S(C)(=O)=O)c(C)c2C)c(C)nn1C. The van der Waals surface area contributed by atoms with Crippen molar-refractivity contribution >= 4 is 15.6 Å². The van der Waals surface area contributed by atoms with Crippen LogP contribution in [0.1, 0.15) is 45.2 Å². The summed E-state index contributed by atoms with van der Waals surface area (Å²) in [5, 5.41) is 4.28. The lowest BCUT2D eigenvalue weighted by atomic mass is 9.94.